The summed E-state index contributed by atoms with van der Waals surface area (Å²) in [6, 6.07) is 11.1. The molecule has 1 saturated carbocycles. The van der Waals surface area contributed by atoms with Crippen LogP contribution in [0.1, 0.15) is 32.1 Å². The van der Waals surface area contributed by atoms with Crippen molar-refractivity contribution in [2.75, 3.05) is 23.1 Å². The first-order valence-electron chi connectivity index (χ1n) is 10.7. The van der Waals surface area contributed by atoms with Crippen molar-refractivity contribution in [3.8, 4) is 11.1 Å². The van der Waals surface area contributed by atoms with Gasteiger partial charge in [-0.1, -0.05) is 18.6 Å². The van der Waals surface area contributed by atoms with Gasteiger partial charge in [-0.05, 0) is 61.1 Å². The maximum Gasteiger partial charge on any atom is 0.301 e. The fourth-order valence-corrected chi connectivity index (χ4v) is 5.25. The Hall–Kier alpha value is -2.91. The summed E-state index contributed by atoms with van der Waals surface area (Å²) < 4.78 is 29.4. The number of amides is 1. The Morgan fingerprint density at radius 1 is 1.06 bits per heavy atom. The highest BCUT2D eigenvalue weighted by atomic mass is 32.2. The molecule has 1 aromatic carbocycles. The minimum absolute atomic E-state index is 0.00632. The van der Waals surface area contributed by atoms with Gasteiger partial charge in [-0.15, -0.1) is 0 Å². The van der Waals surface area contributed by atoms with E-state index in [1.54, 1.807) is 12.1 Å². The number of hydrogen-bond donors (Lipinski definition) is 3. The lowest BCUT2D eigenvalue weighted by molar-refractivity contribution is -0.117. The largest absolute Gasteiger partial charge is 0.346 e. The first kappa shape index (κ1) is 20.0. The molecule has 1 aliphatic carbocycles. The molecule has 0 radical (unpaired) electrons. The van der Waals surface area contributed by atoms with E-state index in [9.17, 15) is 13.2 Å². The molecule has 1 saturated heterocycles. The van der Waals surface area contributed by atoms with Crippen LogP contribution in [0.2, 0.25) is 0 Å². The summed E-state index contributed by atoms with van der Waals surface area (Å²) in [4.78, 5) is 19.8. The van der Waals surface area contributed by atoms with Crippen molar-refractivity contribution < 1.29 is 13.2 Å². The number of hydrogen-bond acceptors (Lipinski definition) is 4. The van der Waals surface area contributed by atoms with Crippen LogP contribution in [-0.4, -0.2) is 41.7 Å². The normalized spacial score (nSPS) is 17.5. The Morgan fingerprint density at radius 3 is 2.52 bits per heavy atom. The van der Waals surface area contributed by atoms with Gasteiger partial charge < -0.3 is 10.3 Å². The third kappa shape index (κ3) is 4.28. The second-order valence-corrected chi connectivity index (χ2v) is 9.87. The van der Waals surface area contributed by atoms with Crippen LogP contribution in [0.25, 0.3) is 22.2 Å². The zero-order chi connectivity index (χ0) is 21.4. The molecule has 0 atom stereocenters. The van der Waals surface area contributed by atoms with Gasteiger partial charge in [-0.3, -0.25) is 9.52 Å². The predicted octanol–water partition coefficient (Wildman–Crippen LogP) is 3.72. The van der Waals surface area contributed by atoms with Crippen molar-refractivity contribution in [2.45, 2.75) is 32.1 Å². The number of H-pyrrole nitrogens is 1. The molecule has 2 aliphatic rings. The van der Waals surface area contributed by atoms with Crippen LogP contribution < -0.4 is 10.0 Å². The summed E-state index contributed by atoms with van der Waals surface area (Å²) in [5.41, 5.74) is 3.05. The van der Waals surface area contributed by atoms with E-state index in [0.717, 1.165) is 48.6 Å². The molecule has 5 rings (SSSR count). The Balaban J connectivity index is 1.40. The number of anilines is 2. The summed E-state index contributed by atoms with van der Waals surface area (Å²) in [6.07, 6.45) is 6.54. The number of nitrogens with one attached hydrogen (secondary N) is 3. The average molecular weight is 440 g/mol. The van der Waals surface area contributed by atoms with E-state index in [-0.39, 0.29) is 11.8 Å². The summed E-state index contributed by atoms with van der Waals surface area (Å²) in [7, 11) is -3.54. The smallest absolute Gasteiger partial charge is 0.301 e. The molecule has 2 fully saturated rings. The highest BCUT2D eigenvalue weighted by Gasteiger charge is 2.30. The number of carbonyl (C=O) groups is 1. The second kappa shape index (κ2) is 7.97. The van der Waals surface area contributed by atoms with Gasteiger partial charge in [0.15, 0.2) is 0 Å². The van der Waals surface area contributed by atoms with Gasteiger partial charge in [0.05, 0.1) is 0 Å². The summed E-state index contributed by atoms with van der Waals surface area (Å²) in [6.45, 7) is 1.12. The summed E-state index contributed by atoms with van der Waals surface area (Å²) in [5, 5.41) is 3.84. The Morgan fingerprint density at radius 2 is 1.81 bits per heavy atom. The molecule has 3 N–H and O–H groups in total. The molecule has 0 bridgehead atoms. The molecule has 9 heteroatoms. The number of nitrogens with zero attached hydrogens (tertiary/aromatic N) is 2. The van der Waals surface area contributed by atoms with Gasteiger partial charge in [0.25, 0.3) is 0 Å². The summed E-state index contributed by atoms with van der Waals surface area (Å²) >= 11 is 0. The molecule has 2 aromatic heterocycles. The average Bonchev–Trinajstić information content (AvgIpc) is 3.52. The third-order valence-corrected chi connectivity index (χ3v) is 7.36. The van der Waals surface area contributed by atoms with Crippen molar-refractivity contribution >= 4 is 38.7 Å². The number of carbonyl (C=O) groups excluding carboxylic acids is 1. The van der Waals surface area contributed by atoms with E-state index < -0.39 is 10.2 Å². The highest BCUT2D eigenvalue weighted by molar-refractivity contribution is 7.90. The molecular formula is C22H25N5O3S. The van der Waals surface area contributed by atoms with Crippen LogP contribution in [0.5, 0.6) is 0 Å². The van der Waals surface area contributed by atoms with Gasteiger partial charge >= 0.3 is 10.2 Å². The Labute approximate surface area is 181 Å². The minimum Gasteiger partial charge on any atom is -0.346 e. The van der Waals surface area contributed by atoms with Gasteiger partial charge in [0.2, 0.25) is 5.91 Å². The lowest BCUT2D eigenvalue weighted by Gasteiger charge is -2.26. The third-order valence-electron chi connectivity index (χ3n) is 5.83. The van der Waals surface area contributed by atoms with Crippen LogP contribution >= 0.6 is 0 Å². The maximum atomic E-state index is 12.6. The van der Waals surface area contributed by atoms with Crippen LogP contribution in [0, 0.1) is 5.92 Å². The number of piperidine rings is 1. The van der Waals surface area contributed by atoms with Crippen LogP contribution in [-0.2, 0) is 15.0 Å². The lowest BCUT2D eigenvalue weighted by Crippen LogP contribution is -2.39. The molecule has 31 heavy (non-hydrogen) atoms. The van der Waals surface area contributed by atoms with E-state index in [0.29, 0.717) is 30.2 Å². The fourth-order valence-electron chi connectivity index (χ4n) is 3.95. The predicted molar refractivity (Wildman–Crippen MR) is 121 cm³/mol. The number of aromatic nitrogens is 2. The van der Waals surface area contributed by atoms with Gasteiger partial charge in [0.1, 0.15) is 11.5 Å². The molecular weight excluding hydrogens is 414 g/mol. The number of benzene rings is 1. The molecule has 0 unspecified atom stereocenters. The standard InChI is InChI=1S/C22H25N5O3S/c28-22(16-4-5-16)25-20-14-19(18-10-11-23-21(18)24-20)15-6-8-17(9-7-15)26-31(29,30)27-12-2-1-3-13-27/h6-11,14,16,26H,1-5,12-13H2,(H2,23,24,25,28). The van der Waals surface area contributed by atoms with Crippen LogP contribution in [0.3, 0.4) is 0 Å². The van der Waals surface area contributed by atoms with Crippen molar-refractivity contribution in [3.05, 3.63) is 42.6 Å². The fraction of sp³-hybridized carbons (Fsp3) is 0.364. The molecule has 1 aliphatic heterocycles. The van der Waals surface area contributed by atoms with Crippen molar-refractivity contribution in [1.82, 2.24) is 14.3 Å². The molecule has 3 heterocycles. The van der Waals surface area contributed by atoms with E-state index in [1.807, 2.05) is 30.5 Å². The van der Waals surface area contributed by atoms with Crippen molar-refractivity contribution in [1.29, 1.82) is 0 Å². The Kier molecular flexibility index (Phi) is 5.15. The zero-order valence-electron chi connectivity index (χ0n) is 17.1. The molecule has 162 valence electrons. The van der Waals surface area contributed by atoms with Crippen molar-refractivity contribution in [2.24, 2.45) is 5.92 Å². The topological polar surface area (TPSA) is 107 Å². The molecule has 0 spiro atoms. The molecule has 3 aromatic rings. The van der Waals surface area contributed by atoms with Crippen LogP contribution in [0.4, 0.5) is 11.5 Å². The minimum atomic E-state index is -3.54. The number of aromatic amines is 1. The van der Waals surface area contributed by atoms with E-state index >= 15 is 0 Å². The maximum absolute atomic E-state index is 12.6. The van der Waals surface area contributed by atoms with Crippen molar-refractivity contribution in [3.63, 3.8) is 0 Å². The monoisotopic (exact) mass is 439 g/mol. The quantitative estimate of drug-likeness (QED) is 0.544. The number of rotatable bonds is 6. The first-order chi connectivity index (χ1) is 15.0. The highest BCUT2D eigenvalue weighted by Crippen LogP contribution is 2.33. The zero-order valence-corrected chi connectivity index (χ0v) is 17.9. The lowest BCUT2D eigenvalue weighted by atomic mass is 10.0. The second-order valence-electron chi connectivity index (χ2n) is 8.20. The number of fused-ring (bicyclic) bond motifs is 1. The van der Waals surface area contributed by atoms with Gasteiger partial charge in [0, 0.05) is 36.3 Å². The van der Waals surface area contributed by atoms with E-state index in [1.165, 1.54) is 4.31 Å². The van der Waals surface area contributed by atoms with Gasteiger partial charge in [-0.25, -0.2) is 4.98 Å². The SMILES string of the molecule is O=C(Nc1cc(-c2ccc(NS(=O)(=O)N3CCCCC3)cc2)c2cc[nH]c2n1)C1CC1. The first-order valence-corrected chi connectivity index (χ1v) is 12.1. The van der Waals surface area contributed by atoms with Crippen LogP contribution in [0.15, 0.2) is 42.6 Å². The number of pyridine rings is 1. The Bertz CT molecular complexity index is 1210. The summed E-state index contributed by atoms with van der Waals surface area (Å²) in [5.74, 6) is 0.611. The molecule has 8 nitrogen and oxygen atoms in total. The van der Waals surface area contributed by atoms with E-state index in [2.05, 4.69) is 20.0 Å². The van der Waals surface area contributed by atoms with E-state index in [4.69, 9.17) is 0 Å². The van der Waals surface area contributed by atoms with Gasteiger partial charge in [-0.2, -0.15) is 12.7 Å². The molecule has 1 amide bonds.